The third-order valence-corrected chi connectivity index (χ3v) is 4.22. The van der Waals surface area contributed by atoms with Crippen LogP contribution in [0.15, 0.2) is 24.3 Å². The average Bonchev–Trinajstić information content (AvgIpc) is 3.06. The van der Waals surface area contributed by atoms with Crippen LogP contribution in [0.25, 0.3) is 0 Å². The summed E-state index contributed by atoms with van der Waals surface area (Å²) in [4.78, 5) is 11.3. The van der Waals surface area contributed by atoms with E-state index in [0.717, 1.165) is 24.3 Å². The summed E-state index contributed by atoms with van der Waals surface area (Å²) in [7, 11) is 0. The number of benzene rings is 1. The molecular weight excluding hydrogens is 284 g/mol. The van der Waals surface area contributed by atoms with E-state index in [2.05, 4.69) is 37.5 Å². The summed E-state index contributed by atoms with van der Waals surface area (Å²) in [6, 6.07) is 8.41. The summed E-state index contributed by atoms with van der Waals surface area (Å²) < 4.78 is 0. The van der Waals surface area contributed by atoms with Crippen LogP contribution in [0.4, 0.5) is 0 Å². The lowest BCUT2D eigenvalue weighted by Crippen LogP contribution is -2.48. The molecule has 0 aromatic heterocycles. The van der Waals surface area contributed by atoms with Gasteiger partial charge in [-0.2, -0.15) is 0 Å². The predicted octanol–water partition coefficient (Wildman–Crippen LogP) is 3.61. The third kappa shape index (κ3) is 4.45. The van der Waals surface area contributed by atoms with Crippen LogP contribution in [-0.2, 0) is 10.3 Å². The van der Waals surface area contributed by atoms with Gasteiger partial charge in [-0.05, 0) is 57.7 Å². The molecule has 0 heterocycles. The minimum Gasteiger partial charge on any atom is -0.351 e. The molecule has 1 fully saturated rings. The van der Waals surface area contributed by atoms with Gasteiger partial charge in [-0.1, -0.05) is 23.7 Å². The summed E-state index contributed by atoms with van der Waals surface area (Å²) in [5.74, 6) is 0.0168. The first-order valence-corrected chi connectivity index (χ1v) is 7.93. The van der Waals surface area contributed by atoms with Crippen LogP contribution in [0.1, 0.15) is 52.5 Å². The number of hydrogen-bond donors (Lipinski definition) is 2. The molecular formula is C17H25ClN2O. The van der Waals surface area contributed by atoms with Crippen molar-refractivity contribution in [2.24, 2.45) is 0 Å². The van der Waals surface area contributed by atoms with Crippen molar-refractivity contribution in [1.29, 1.82) is 0 Å². The molecule has 0 spiro atoms. The Kier molecular flexibility index (Phi) is 4.64. The maximum absolute atomic E-state index is 11.3. The number of carbonyl (C=O) groups excluding carboxylic acids is 1. The second-order valence-electron chi connectivity index (χ2n) is 6.91. The molecule has 1 aliphatic rings. The second-order valence-corrected chi connectivity index (χ2v) is 7.34. The van der Waals surface area contributed by atoms with Crippen molar-refractivity contribution in [2.45, 2.75) is 64.1 Å². The maximum atomic E-state index is 11.3. The molecule has 0 saturated heterocycles. The molecule has 3 nitrogen and oxygen atoms in total. The molecule has 2 rings (SSSR count). The van der Waals surface area contributed by atoms with Crippen LogP contribution < -0.4 is 10.6 Å². The average molecular weight is 309 g/mol. The van der Waals surface area contributed by atoms with Gasteiger partial charge in [-0.15, -0.1) is 0 Å². The van der Waals surface area contributed by atoms with Crippen molar-refractivity contribution in [2.75, 3.05) is 0 Å². The number of nitrogens with one attached hydrogen (secondary N) is 2. The zero-order chi connectivity index (χ0) is 15.7. The minimum absolute atomic E-state index is 0.0168. The van der Waals surface area contributed by atoms with Gasteiger partial charge in [-0.25, -0.2) is 0 Å². The topological polar surface area (TPSA) is 41.1 Å². The first kappa shape index (κ1) is 16.3. The number of halogens is 1. The first-order chi connectivity index (χ1) is 9.72. The molecule has 1 aliphatic carbocycles. The van der Waals surface area contributed by atoms with Crippen LogP contribution in [0.5, 0.6) is 0 Å². The Morgan fingerprint density at radius 2 is 2.10 bits per heavy atom. The van der Waals surface area contributed by atoms with Gasteiger partial charge in [0.25, 0.3) is 0 Å². The Morgan fingerprint density at radius 3 is 2.62 bits per heavy atom. The van der Waals surface area contributed by atoms with Crippen molar-refractivity contribution in [3.8, 4) is 0 Å². The Labute approximate surface area is 132 Å². The van der Waals surface area contributed by atoms with Crippen molar-refractivity contribution in [3.63, 3.8) is 0 Å². The summed E-state index contributed by atoms with van der Waals surface area (Å²) >= 11 is 6.10. The van der Waals surface area contributed by atoms with E-state index in [1.165, 1.54) is 5.56 Å². The molecule has 1 aromatic carbocycles. The van der Waals surface area contributed by atoms with Gasteiger partial charge in [-0.3, -0.25) is 4.79 Å². The standard InChI is InChI=1S/C17H25ClN2O/c1-12(11-16(3,4)20-13(2)21)19-17(8-9-17)14-6-5-7-15(18)10-14/h5-7,10,12,19H,8-9,11H2,1-4H3,(H,20,21). The number of carbonyl (C=O) groups is 1. The maximum Gasteiger partial charge on any atom is 0.217 e. The fourth-order valence-electron chi connectivity index (χ4n) is 3.24. The molecule has 1 saturated carbocycles. The summed E-state index contributed by atoms with van der Waals surface area (Å²) in [6.45, 7) is 7.86. The van der Waals surface area contributed by atoms with E-state index in [9.17, 15) is 4.79 Å². The lowest BCUT2D eigenvalue weighted by molar-refractivity contribution is -0.120. The number of hydrogen-bond acceptors (Lipinski definition) is 2. The van der Waals surface area contributed by atoms with Crippen molar-refractivity contribution < 1.29 is 4.79 Å². The highest BCUT2D eigenvalue weighted by atomic mass is 35.5. The van der Waals surface area contributed by atoms with Crippen LogP contribution in [0, 0.1) is 0 Å². The quantitative estimate of drug-likeness (QED) is 0.843. The zero-order valence-corrected chi connectivity index (χ0v) is 14.1. The van der Waals surface area contributed by atoms with Crippen LogP contribution in [0.2, 0.25) is 5.02 Å². The predicted molar refractivity (Wildman–Crippen MR) is 87.5 cm³/mol. The molecule has 0 bridgehead atoms. The highest BCUT2D eigenvalue weighted by Crippen LogP contribution is 2.46. The van der Waals surface area contributed by atoms with Gasteiger partial charge in [0.05, 0.1) is 0 Å². The van der Waals surface area contributed by atoms with E-state index in [4.69, 9.17) is 11.6 Å². The smallest absolute Gasteiger partial charge is 0.217 e. The number of rotatable bonds is 6. The lowest BCUT2D eigenvalue weighted by Gasteiger charge is -2.32. The second kappa shape index (κ2) is 5.98. The Morgan fingerprint density at radius 1 is 1.43 bits per heavy atom. The van der Waals surface area contributed by atoms with E-state index in [-0.39, 0.29) is 17.0 Å². The van der Waals surface area contributed by atoms with Crippen LogP contribution in [0.3, 0.4) is 0 Å². The SMILES string of the molecule is CC(=O)NC(C)(C)CC(C)NC1(c2cccc(Cl)c2)CC1. The molecule has 0 aliphatic heterocycles. The van der Waals surface area contributed by atoms with Crippen molar-refractivity contribution in [1.82, 2.24) is 10.6 Å². The third-order valence-electron chi connectivity index (χ3n) is 3.98. The molecule has 116 valence electrons. The van der Waals surface area contributed by atoms with Crippen LogP contribution in [-0.4, -0.2) is 17.5 Å². The fourth-order valence-corrected chi connectivity index (χ4v) is 3.43. The Bertz CT molecular complexity index is 523. The van der Waals surface area contributed by atoms with Gasteiger partial charge >= 0.3 is 0 Å². The summed E-state index contributed by atoms with van der Waals surface area (Å²) in [6.07, 6.45) is 3.16. The largest absolute Gasteiger partial charge is 0.351 e. The molecule has 1 amide bonds. The monoisotopic (exact) mass is 308 g/mol. The fraction of sp³-hybridized carbons (Fsp3) is 0.588. The first-order valence-electron chi connectivity index (χ1n) is 7.55. The van der Waals surface area contributed by atoms with E-state index in [1.807, 2.05) is 18.2 Å². The molecule has 2 N–H and O–H groups in total. The minimum atomic E-state index is -0.206. The van der Waals surface area contributed by atoms with E-state index in [0.29, 0.717) is 6.04 Å². The molecule has 21 heavy (non-hydrogen) atoms. The summed E-state index contributed by atoms with van der Waals surface area (Å²) in [5, 5.41) is 7.52. The van der Waals surface area contributed by atoms with Crippen molar-refractivity contribution in [3.05, 3.63) is 34.9 Å². The van der Waals surface area contributed by atoms with Gasteiger partial charge < -0.3 is 10.6 Å². The van der Waals surface area contributed by atoms with Gasteiger partial charge in [0.1, 0.15) is 0 Å². The van der Waals surface area contributed by atoms with E-state index >= 15 is 0 Å². The summed E-state index contributed by atoms with van der Waals surface area (Å²) in [5.41, 5.74) is 1.12. The van der Waals surface area contributed by atoms with E-state index in [1.54, 1.807) is 6.92 Å². The molecule has 0 radical (unpaired) electrons. The highest BCUT2D eigenvalue weighted by molar-refractivity contribution is 6.30. The van der Waals surface area contributed by atoms with E-state index < -0.39 is 0 Å². The Hall–Kier alpha value is -1.06. The normalized spacial score (nSPS) is 18.1. The number of amides is 1. The van der Waals surface area contributed by atoms with Gasteiger partial charge in [0.2, 0.25) is 5.91 Å². The zero-order valence-electron chi connectivity index (χ0n) is 13.3. The van der Waals surface area contributed by atoms with Gasteiger partial charge in [0, 0.05) is 29.1 Å². The molecule has 1 unspecified atom stereocenters. The van der Waals surface area contributed by atoms with Crippen molar-refractivity contribution >= 4 is 17.5 Å². The molecule has 1 aromatic rings. The Balaban J connectivity index is 1.99. The van der Waals surface area contributed by atoms with Crippen LogP contribution >= 0.6 is 11.6 Å². The lowest BCUT2D eigenvalue weighted by atomic mass is 9.94. The highest BCUT2D eigenvalue weighted by Gasteiger charge is 2.45. The molecule has 4 heteroatoms. The van der Waals surface area contributed by atoms with Gasteiger partial charge in [0.15, 0.2) is 0 Å². The molecule has 1 atom stereocenters.